The number of piperidine rings is 1. The third-order valence-corrected chi connectivity index (χ3v) is 6.68. The number of rotatable bonds is 9. The van der Waals surface area contributed by atoms with Crippen LogP contribution >= 0.6 is 11.8 Å². The SMILES string of the molecule is Cc1noc(C)c1CSc1ncccc1C(=O)NCCCCN1CCCCC1C. The Bertz CT molecular complexity index is 788. The molecule has 0 radical (unpaired) electrons. The quantitative estimate of drug-likeness (QED) is 0.484. The molecule has 1 N–H and O–H groups in total. The van der Waals surface area contributed by atoms with Crippen molar-refractivity contribution in [3.05, 3.63) is 40.9 Å². The van der Waals surface area contributed by atoms with Gasteiger partial charge in [0.25, 0.3) is 5.91 Å². The summed E-state index contributed by atoms with van der Waals surface area (Å²) in [6, 6.07) is 4.35. The Morgan fingerprint density at radius 1 is 1.34 bits per heavy atom. The highest BCUT2D eigenvalue weighted by Crippen LogP contribution is 2.27. The number of carbonyl (C=O) groups excluding carboxylic acids is 1. The molecule has 1 saturated heterocycles. The van der Waals surface area contributed by atoms with Gasteiger partial charge in [-0.1, -0.05) is 11.6 Å². The summed E-state index contributed by atoms with van der Waals surface area (Å²) in [6.07, 6.45) is 7.83. The van der Waals surface area contributed by atoms with Crippen molar-refractivity contribution in [3.63, 3.8) is 0 Å². The molecule has 0 bridgehead atoms. The number of nitrogens with one attached hydrogen (secondary N) is 1. The van der Waals surface area contributed by atoms with Gasteiger partial charge in [-0.2, -0.15) is 0 Å². The minimum absolute atomic E-state index is 0.0503. The number of carbonyl (C=O) groups is 1. The normalized spacial score (nSPS) is 17.4. The summed E-state index contributed by atoms with van der Waals surface area (Å²) in [5.74, 6) is 1.46. The lowest BCUT2D eigenvalue weighted by atomic mass is 10.0. The fourth-order valence-electron chi connectivity index (χ4n) is 3.75. The molecule has 1 unspecified atom stereocenters. The number of aryl methyl sites for hydroxylation is 2. The van der Waals surface area contributed by atoms with Crippen molar-refractivity contribution >= 4 is 17.7 Å². The molecule has 1 fully saturated rings. The van der Waals surface area contributed by atoms with Crippen LogP contribution in [0, 0.1) is 13.8 Å². The number of unbranched alkanes of at least 4 members (excludes halogenated alkanes) is 1. The average Bonchev–Trinajstić information content (AvgIpc) is 3.05. The van der Waals surface area contributed by atoms with Crippen molar-refractivity contribution in [3.8, 4) is 0 Å². The molecule has 2 aromatic rings. The van der Waals surface area contributed by atoms with Crippen molar-refractivity contribution in [2.75, 3.05) is 19.6 Å². The van der Waals surface area contributed by atoms with E-state index in [0.717, 1.165) is 41.4 Å². The first-order valence-electron chi connectivity index (χ1n) is 10.6. The number of nitrogens with zero attached hydrogens (tertiary/aromatic N) is 3. The second kappa shape index (κ2) is 10.8. The van der Waals surface area contributed by atoms with Crippen LogP contribution in [0.25, 0.3) is 0 Å². The number of aromatic nitrogens is 2. The molecule has 158 valence electrons. The maximum atomic E-state index is 12.7. The summed E-state index contributed by atoms with van der Waals surface area (Å²) in [5.41, 5.74) is 2.59. The summed E-state index contributed by atoms with van der Waals surface area (Å²) in [7, 11) is 0. The molecule has 3 heterocycles. The molecular weight excluding hydrogens is 384 g/mol. The van der Waals surface area contributed by atoms with Crippen LogP contribution in [-0.2, 0) is 5.75 Å². The lowest BCUT2D eigenvalue weighted by molar-refractivity contribution is 0.0948. The number of likely N-dealkylation sites (tertiary alicyclic amines) is 1. The third kappa shape index (κ3) is 6.06. The number of thioether (sulfide) groups is 1. The predicted octanol–water partition coefficient (Wildman–Crippen LogP) is 4.36. The van der Waals surface area contributed by atoms with E-state index in [4.69, 9.17) is 4.52 Å². The highest BCUT2D eigenvalue weighted by atomic mass is 32.2. The summed E-state index contributed by atoms with van der Waals surface area (Å²) in [4.78, 5) is 19.7. The minimum Gasteiger partial charge on any atom is -0.361 e. The van der Waals surface area contributed by atoms with E-state index in [1.807, 2.05) is 26.0 Å². The number of amides is 1. The number of pyridine rings is 1. The van der Waals surface area contributed by atoms with Gasteiger partial charge in [-0.05, 0) is 71.7 Å². The van der Waals surface area contributed by atoms with Crippen LogP contribution in [0.3, 0.4) is 0 Å². The van der Waals surface area contributed by atoms with E-state index in [2.05, 4.69) is 27.3 Å². The van der Waals surface area contributed by atoms with Crippen molar-refractivity contribution in [2.24, 2.45) is 0 Å². The fourth-order valence-corrected chi connectivity index (χ4v) is 4.90. The second-order valence-electron chi connectivity index (χ2n) is 7.79. The molecule has 1 aliphatic rings. The molecule has 0 aromatic carbocycles. The van der Waals surface area contributed by atoms with E-state index in [-0.39, 0.29) is 5.91 Å². The van der Waals surface area contributed by atoms with Gasteiger partial charge in [-0.15, -0.1) is 11.8 Å². The smallest absolute Gasteiger partial charge is 0.254 e. The maximum absolute atomic E-state index is 12.7. The molecule has 3 rings (SSSR count). The first-order chi connectivity index (χ1) is 14.1. The van der Waals surface area contributed by atoms with Gasteiger partial charge >= 0.3 is 0 Å². The molecule has 29 heavy (non-hydrogen) atoms. The van der Waals surface area contributed by atoms with Gasteiger partial charge in [-0.3, -0.25) is 4.79 Å². The molecule has 0 spiro atoms. The zero-order chi connectivity index (χ0) is 20.6. The predicted molar refractivity (Wildman–Crippen MR) is 116 cm³/mol. The molecule has 6 nitrogen and oxygen atoms in total. The highest BCUT2D eigenvalue weighted by Gasteiger charge is 2.18. The minimum atomic E-state index is -0.0503. The van der Waals surface area contributed by atoms with Gasteiger partial charge in [0.1, 0.15) is 10.8 Å². The molecule has 1 aliphatic heterocycles. The van der Waals surface area contributed by atoms with Gasteiger partial charge in [-0.25, -0.2) is 4.98 Å². The van der Waals surface area contributed by atoms with Gasteiger partial charge in [0.15, 0.2) is 0 Å². The summed E-state index contributed by atoms with van der Waals surface area (Å²) in [5, 5.41) is 7.80. The Labute approximate surface area is 177 Å². The number of hydrogen-bond acceptors (Lipinski definition) is 6. The lowest BCUT2D eigenvalue weighted by Crippen LogP contribution is -2.38. The molecular formula is C22H32N4O2S. The van der Waals surface area contributed by atoms with Gasteiger partial charge in [0.05, 0.1) is 11.3 Å². The fraction of sp³-hybridized carbons (Fsp3) is 0.591. The summed E-state index contributed by atoms with van der Waals surface area (Å²) in [6.45, 7) is 9.21. The summed E-state index contributed by atoms with van der Waals surface area (Å²) >= 11 is 1.55. The van der Waals surface area contributed by atoms with Crippen molar-refractivity contribution in [2.45, 2.75) is 69.7 Å². The zero-order valence-corrected chi connectivity index (χ0v) is 18.6. The van der Waals surface area contributed by atoms with Crippen LogP contribution in [0.4, 0.5) is 0 Å². The molecule has 1 amide bonds. The van der Waals surface area contributed by atoms with Crippen LogP contribution in [0.1, 0.15) is 66.4 Å². The molecule has 7 heteroatoms. The Balaban J connectivity index is 1.45. The lowest BCUT2D eigenvalue weighted by Gasteiger charge is -2.33. The third-order valence-electron chi connectivity index (χ3n) is 5.65. The van der Waals surface area contributed by atoms with Gasteiger partial charge in [0.2, 0.25) is 0 Å². The van der Waals surface area contributed by atoms with E-state index in [1.165, 1.54) is 25.8 Å². The zero-order valence-electron chi connectivity index (χ0n) is 17.7. The van der Waals surface area contributed by atoms with Crippen molar-refractivity contribution in [1.29, 1.82) is 0 Å². The topological polar surface area (TPSA) is 71.3 Å². The summed E-state index contributed by atoms with van der Waals surface area (Å²) < 4.78 is 5.22. The molecule has 0 saturated carbocycles. The molecule has 1 atom stereocenters. The van der Waals surface area contributed by atoms with Crippen LogP contribution in [0.15, 0.2) is 27.9 Å². The number of hydrogen-bond donors (Lipinski definition) is 1. The van der Waals surface area contributed by atoms with Crippen LogP contribution < -0.4 is 5.32 Å². The largest absolute Gasteiger partial charge is 0.361 e. The Morgan fingerprint density at radius 3 is 2.97 bits per heavy atom. The van der Waals surface area contributed by atoms with Crippen molar-refractivity contribution < 1.29 is 9.32 Å². The Hall–Kier alpha value is -1.86. The van der Waals surface area contributed by atoms with Crippen LogP contribution in [-0.4, -0.2) is 46.6 Å². The van der Waals surface area contributed by atoms with Crippen molar-refractivity contribution in [1.82, 2.24) is 20.4 Å². The molecule has 0 aliphatic carbocycles. The van der Waals surface area contributed by atoms with E-state index >= 15 is 0 Å². The van der Waals surface area contributed by atoms with Crippen LogP contribution in [0.2, 0.25) is 0 Å². The van der Waals surface area contributed by atoms with E-state index in [1.54, 1.807) is 18.0 Å². The first kappa shape index (κ1) is 21.8. The standard InChI is InChI=1S/C22H32N4O2S/c1-16-9-4-6-13-26(16)14-7-5-11-23-21(27)19-10-8-12-24-22(19)29-15-20-17(2)25-28-18(20)3/h8,10,12,16H,4-7,9,11,13-15H2,1-3H3,(H,23,27). The van der Waals surface area contributed by atoms with E-state index in [9.17, 15) is 4.79 Å². The van der Waals surface area contributed by atoms with Gasteiger partial charge in [0, 0.05) is 30.1 Å². The van der Waals surface area contributed by atoms with Gasteiger partial charge < -0.3 is 14.7 Å². The monoisotopic (exact) mass is 416 g/mol. The van der Waals surface area contributed by atoms with E-state index in [0.29, 0.717) is 23.9 Å². The maximum Gasteiger partial charge on any atom is 0.254 e. The highest BCUT2D eigenvalue weighted by molar-refractivity contribution is 7.98. The molecule has 2 aromatic heterocycles. The first-order valence-corrected chi connectivity index (χ1v) is 11.6. The second-order valence-corrected chi connectivity index (χ2v) is 8.76. The Morgan fingerprint density at radius 2 is 2.21 bits per heavy atom. The Kier molecular flexibility index (Phi) is 8.12. The van der Waals surface area contributed by atoms with E-state index < -0.39 is 0 Å². The van der Waals surface area contributed by atoms with Crippen LogP contribution in [0.5, 0.6) is 0 Å². The average molecular weight is 417 g/mol.